The zero-order valence-corrected chi connectivity index (χ0v) is 12.3. The van der Waals surface area contributed by atoms with Gasteiger partial charge in [0.1, 0.15) is 0 Å². The van der Waals surface area contributed by atoms with Gasteiger partial charge in [-0.3, -0.25) is 4.79 Å². The Labute approximate surface area is 119 Å². The molecule has 1 fully saturated rings. The van der Waals surface area contributed by atoms with Crippen molar-refractivity contribution in [2.24, 2.45) is 0 Å². The smallest absolute Gasteiger partial charge is 0.227 e. The quantitative estimate of drug-likeness (QED) is 0.836. The molecule has 1 saturated heterocycles. The van der Waals surface area contributed by atoms with Crippen LogP contribution in [0.5, 0.6) is 11.5 Å². The molecule has 5 heteroatoms. The molecule has 0 aliphatic carbocycles. The summed E-state index contributed by atoms with van der Waals surface area (Å²) in [7, 11) is 3.20. The van der Waals surface area contributed by atoms with Gasteiger partial charge in [0, 0.05) is 13.1 Å². The van der Waals surface area contributed by atoms with Crippen molar-refractivity contribution in [3.8, 4) is 11.5 Å². The number of ether oxygens (including phenoxy) is 3. The number of nitrogens with zero attached hydrogens (tertiary/aromatic N) is 1. The van der Waals surface area contributed by atoms with Crippen LogP contribution in [0, 0.1) is 6.92 Å². The summed E-state index contributed by atoms with van der Waals surface area (Å²) in [5.41, 5.74) is 2.00. The van der Waals surface area contributed by atoms with Crippen molar-refractivity contribution < 1.29 is 19.0 Å². The van der Waals surface area contributed by atoms with Gasteiger partial charge in [0.15, 0.2) is 11.5 Å². The number of carbonyl (C=O) groups is 1. The highest BCUT2D eigenvalue weighted by molar-refractivity contribution is 5.79. The molecule has 0 bridgehead atoms. The minimum Gasteiger partial charge on any atom is -0.493 e. The minimum atomic E-state index is 0.128. The van der Waals surface area contributed by atoms with E-state index in [0.717, 1.165) is 11.1 Å². The molecular weight excluding hydrogens is 258 g/mol. The molecule has 1 aliphatic heterocycles. The molecule has 0 saturated carbocycles. The Hall–Kier alpha value is -1.75. The Morgan fingerprint density at radius 1 is 1.20 bits per heavy atom. The van der Waals surface area contributed by atoms with Crippen LogP contribution in [0.4, 0.5) is 0 Å². The van der Waals surface area contributed by atoms with Gasteiger partial charge in [0.25, 0.3) is 0 Å². The maximum atomic E-state index is 12.3. The largest absolute Gasteiger partial charge is 0.493 e. The lowest BCUT2D eigenvalue weighted by molar-refractivity contribution is -0.134. The SMILES string of the molecule is COc1cc(C)c(CC(=O)N2CCOCC2)cc1OC. The molecule has 0 aromatic heterocycles. The van der Waals surface area contributed by atoms with E-state index >= 15 is 0 Å². The number of methoxy groups -OCH3 is 2. The first-order chi connectivity index (χ1) is 9.65. The van der Waals surface area contributed by atoms with Crippen molar-refractivity contribution in [2.75, 3.05) is 40.5 Å². The summed E-state index contributed by atoms with van der Waals surface area (Å²) >= 11 is 0. The lowest BCUT2D eigenvalue weighted by atomic mass is 10.0. The van der Waals surface area contributed by atoms with Gasteiger partial charge in [-0.1, -0.05) is 0 Å². The zero-order valence-electron chi connectivity index (χ0n) is 12.3. The van der Waals surface area contributed by atoms with E-state index < -0.39 is 0 Å². The summed E-state index contributed by atoms with van der Waals surface area (Å²) in [5, 5.41) is 0. The standard InChI is InChI=1S/C15H21NO4/c1-11-8-13(18-2)14(19-3)9-12(11)10-15(17)16-4-6-20-7-5-16/h8-9H,4-7,10H2,1-3H3. The summed E-state index contributed by atoms with van der Waals surface area (Å²) in [6.45, 7) is 4.56. The van der Waals surface area contributed by atoms with Gasteiger partial charge in [-0.2, -0.15) is 0 Å². The Morgan fingerprint density at radius 3 is 2.40 bits per heavy atom. The number of hydrogen-bond acceptors (Lipinski definition) is 4. The summed E-state index contributed by atoms with van der Waals surface area (Å²) in [4.78, 5) is 14.1. The number of amides is 1. The van der Waals surface area contributed by atoms with Crippen molar-refractivity contribution in [1.29, 1.82) is 0 Å². The van der Waals surface area contributed by atoms with Gasteiger partial charge in [-0.05, 0) is 30.2 Å². The number of carbonyl (C=O) groups excluding carboxylic acids is 1. The summed E-state index contributed by atoms with van der Waals surface area (Å²) in [6, 6.07) is 3.78. The van der Waals surface area contributed by atoms with Crippen LogP contribution >= 0.6 is 0 Å². The molecule has 1 aromatic carbocycles. The zero-order chi connectivity index (χ0) is 14.5. The van der Waals surface area contributed by atoms with Crippen molar-refractivity contribution >= 4 is 5.91 Å². The fourth-order valence-electron chi connectivity index (χ4n) is 2.30. The molecule has 0 atom stereocenters. The van der Waals surface area contributed by atoms with Gasteiger partial charge in [-0.25, -0.2) is 0 Å². The first-order valence-corrected chi connectivity index (χ1v) is 6.72. The monoisotopic (exact) mass is 279 g/mol. The van der Waals surface area contributed by atoms with E-state index in [1.807, 2.05) is 24.0 Å². The van der Waals surface area contributed by atoms with Gasteiger partial charge < -0.3 is 19.1 Å². The fraction of sp³-hybridized carbons (Fsp3) is 0.533. The number of rotatable bonds is 4. The average Bonchev–Trinajstić information content (AvgIpc) is 2.49. The van der Waals surface area contributed by atoms with Crippen molar-refractivity contribution in [1.82, 2.24) is 4.90 Å². The predicted molar refractivity (Wildman–Crippen MR) is 75.4 cm³/mol. The predicted octanol–water partition coefficient (Wildman–Crippen LogP) is 1.41. The molecule has 5 nitrogen and oxygen atoms in total. The molecule has 1 aliphatic rings. The van der Waals surface area contributed by atoms with Crippen LogP contribution in [0.2, 0.25) is 0 Å². The van der Waals surface area contributed by atoms with Gasteiger partial charge in [0.2, 0.25) is 5.91 Å². The summed E-state index contributed by atoms with van der Waals surface area (Å²) < 4.78 is 15.8. The maximum absolute atomic E-state index is 12.3. The third-order valence-electron chi connectivity index (χ3n) is 3.55. The number of hydrogen-bond donors (Lipinski definition) is 0. The van der Waals surface area contributed by atoms with E-state index in [4.69, 9.17) is 14.2 Å². The normalized spacial score (nSPS) is 15.1. The van der Waals surface area contributed by atoms with E-state index in [2.05, 4.69) is 0 Å². The first-order valence-electron chi connectivity index (χ1n) is 6.72. The fourth-order valence-corrected chi connectivity index (χ4v) is 2.30. The Balaban J connectivity index is 2.13. The van der Waals surface area contributed by atoms with E-state index in [-0.39, 0.29) is 5.91 Å². The molecule has 0 unspecified atom stereocenters. The second kappa shape index (κ2) is 6.61. The first kappa shape index (κ1) is 14.7. The highest BCUT2D eigenvalue weighted by Crippen LogP contribution is 2.30. The van der Waals surface area contributed by atoms with Crippen LogP contribution in [0.1, 0.15) is 11.1 Å². The third-order valence-corrected chi connectivity index (χ3v) is 3.55. The topological polar surface area (TPSA) is 48.0 Å². The Bertz CT molecular complexity index is 481. The van der Waals surface area contributed by atoms with E-state index in [0.29, 0.717) is 44.2 Å². The van der Waals surface area contributed by atoms with E-state index in [9.17, 15) is 4.79 Å². The van der Waals surface area contributed by atoms with Crippen LogP contribution in [-0.4, -0.2) is 51.3 Å². The molecule has 1 amide bonds. The molecule has 0 radical (unpaired) electrons. The Kier molecular flexibility index (Phi) is 4.84. The number of benzene rings is 1. The van der Waals surface area contributed by atoms with E-state index in [1.54, 1.807) is 14.2 Å². The second-order valence-corrected chi connectivity index (χ2v) is 4.80. The van der Waals surface area contributed by atoms with Crippen LogP contribution in [0.25, 0.3) is 0 Å². The molecule has 110 valence electrons. The average molecular weight is 279 g/mol. The summed E-state index contributed by atoms with van der Waals surface area (Å²) in [6.07, 6.45) is 0.381. The van der Waals surface area contributed by atoms with Crippen molar-refractivity contribution in [3.05, 3.63) is 23.3 Å². The van der Waals surface area contributed by atoms with Crippen molar-refractivity contribution in [2.45, 2.75) is 13.3 Å². The second-order valence-electron chi connectivity index (χ2n) is 4.80. The van der Waals surface area contributed by atoms with Crippen molar-refractivity contribution in [3.63, 3.8) is 0 Å². The van der Waals surface area contributed by atoms with Crippen LogP contribution < -0.4 is 9.47 Å². The van der Waals surface area contributed by atoms with Gasteiger partial charge in [-0.15, -0.1) is 0 Å². The van der Waals surface area contributed by atoms with Gasteiger partial charge >= 0.3 is 0 Å². The minimum absolute atomic E-state index is 0.128. The molecule has 1 heterocycles. The maximum Gasteiger partial charge on any atom is 0.227 e. The lowest BCUT2D eigenvalue weighted by Gasteiger charge is -2.27. The highest BCUT2D eigenvalue weighted by atomic mass is 16.5. The van der Waals surface area contributed by atoms with Gasteiger partial charge in [0.05, 0.1) is 33.9 Å². The molecular formula is C15H21NO4. The lowest BCUT2D eigenvalue weighted by Crippen LogP contribution is -2.41. The molecule has 2 rings (SSSR count). The molecule has 1 aromatic rings. The van der Waals surface area contributed by atoms with Crippen LogP contribution in [-0.2, 0) is 16.0 Å². The van der Waals surface area contributed by atoms with Crippen LogP contribution in [0.15, 0.2) is 12.1 Å². The number of morpholine rings is 1. The van der Waals surface area contributed by atoms with E-state index in [1.165, 1.54) is 0 Å². The molecule has 0 spiro atoms. The third kappa shape index (κ3) is 3.22. The van der Waals surface area contributed by atoms with Crippen LogP contribution in [0.3, 0.4) is 0 Å². The summed E-state index contributed by atoms with van der Waals surface area (Å²) in [5.74, 6) is 1.47. The highest BCUT2D eigenvalue weighted by Gasteiger charge is 2.19. The Morgan fingerprint density at radius 2 is 1.80 bits per heavy atom. The molecule has 0 N–H and O–H groups in total. The number of aryl methyl sites for hydroxylation is 1. The molecule has 20 heavy (non-hydrogen) atoms.